The van der Waals surface area contributed by atoms with Gasteiger partial charge in [-0.1, -0.05) is 38.1 Å². The summed E-state index contributed by atoms with van der Waals surface area (Å²) in [7, 11) is 0. The molecule has 2 amide bonds. The van der Waals surface area contributed by atoms with Crippen molar-refractivity contribution in [1.29, 1.82) is 0 Å². The van der Waals surface area contributed by atoms with E-state index in [1.807, 2.05) is 38.1 Å². The Labute approximate surface area is 276 Å². The average Bonchev–Trinajstić information content (AvgIpc) is 3.02. The standard InChI is InChI=1S/C37H47F2N3O5/c1-5-13-42(14-6-2)37(46)30-16-25(4)15-29(21-30)36(45)41-33(20-28-18-31(38)22-32(39)19-28)34(43)24-40-23-27-10-8-9-26(17-27)11-12-35(44)47-7-3/h8-10,15-19,21-22,33-34,40,43H,5-7,11-14,20,23-24H2,1-4H3,(H,41,45)/t33-,34+/m0/s1. The first-order valence-corrected chi connectivity index (χ1v) is 16.3. The number of aliphatic hydroxyl groups excluding tert-OH is 1. The lowest BCUT2D eigenvalue weighted by molar-refractivity contribution is -0.143. The van der Waals surface area contributed by atoms with Crippen LogP contribution >= 0.6 is 0 Å². The number of carbonyl (C=O) groups excluding carboxylic acids is 3. The third-order valence-electron chi connectivity index (χ3n) is 7.62. The summed E-state index contributed by atoms with van der Waals surface area (Å²) >= 11 is 0. The lowest BCUT2D eigenvalue weighted by atomic mass is 9.99. The number of aliphatic hydroxyl groups is 1. The van der Waals surface area contributed by atoms with Gasteiger partial charge < -0.3 is 25.4 Å². The molecule has 254 valence electrons. The first-order chi connectivity index (χ1) is 22.5. The number of carbonyl (C=O) groups is 3. The van der Waals surface area contributed by atoms with Crippen molar-refractivity contribution in [3.63, 3.8) is 0 Å². The van der Waals surface area contributed by atoms with Crippen LogP contribution in [-0.4, -0.2) is 66.2 Å². The summed E-state index contributed by atoms with van der Waals surface area (Å²) in [6.07, 6.45) is 1.26. The Morgan fingerprint density at radius 1 is 0.872 bits per heavy atom. The normalized spacial score (nSPS) is 12.3. The molecule has 3 aromatic rings. The molecule has 47 heavy (non-hydrogen) atoms. The van der Waals surface area contributed by atoms with Crippen LogP contribution in [0.25, 0.3) is 0 Å². The summed E-state index contributed by atoms with van der Waals surface area (Å²) < 4.78 is 33.1. The lowest BCUT2D eigenvalue weighted by Gasteiger charge is -2.25. The molecule has 0 saturated carbocycles. The van der Waals surface area contributed by atoms with Gasteiger partial charge in [-0.05, 0) is 92.1 Å². The smallest absolute Gasteiger partial charge is 0.306 e. The van der Waals surface area contributed by atoms with Crippen LogP contribution < -0.4 is 10.6 Å². The summed E-state index contributed by atoms with van der Waals surface area (Å²) in [5.74, 6) is -2.45. The molecule has 0 aliphatic carbocycles. The lowest BCUT2D eigenvalue weighted by Crippen LogP contribution is -2.48. The fourth-order valence-corrected chi connectivity index (χ4v) is 5.47. The molecule has 3 N–H and O–H groups in total. The molecule has 0 bridgehead atoms. The molecule has 3 aromatic carbocycles. The van der Waals surface area contributed by atoms with E-state index in [1.165, 1.54) is 12.1 Å². The first-order valence-electron chi connectivity index (χ1n) is 16.3. The highest BCUT2D eigenvalue weighted by Crippen LogP contribution is 2.16. The third-order valence-corrected chi connectivity index (χ3v) is 7.62. The average molecular weight is 652 g/mol. The molecule has 0 saturated heterocycles. The molecule has 0 radical (unpaired) electrons. The van der Waals surface area contributed by atoms with Gasteiger partial charge in [0.15, 0.2) is 0 Å². The second kappa shape index (κ2) is 18.9. The van der Waals surface area contributed by atoms with Crippen molar-refractivity contribution < 1.29 is 33.0 Å². The molecule has 0 fully saturated rings. The molecule has 0 unspecified atom stereocenters. The van der Waals surface area contributed by atoms with Crippen LogP contribution in [0.2, 0.25) is 0 Å². The number of rotatable bonds is 18. The van der Waals surface area contributed by atoms with Crippen molar-refractivity contribution in [3.8, 4) is 0 Å². The van der Waals surface area contributed by atoms with Gasteiger partial charge in [0.05, 0.1) is 18.8 Å². The van der Waals surface area contributed by atoms with Crippen LogP contribution in [0.1, 0.15) is 83.0 Å². The van der Waals surface area contributed by atoms with E-state index in [0.29, 0.717) is 38.2 Å². The van der Waals surface area contributed by atoms with Gasteiger partial charge in [-0.15, -0.1) is 0 Å². The zero-order chi connectivity index (χ0) is 34.3. The van der Waals surface area contributed by atoms with Crippen LogP contribution in [0, 0.1) is 18.6 Å². The summed E-state index contributed by atoms with van der Waals surface area (Å²) in [5.41, 5.74) is 3.55. The van der Waals surface area contributed by atoms with Crippen LogP contribution in [0.15, 0.2) is 60.7 Å². The topological polar surface area (TPSA) is 108 Å². The number of benzene rings is 3. The van der Waals surface area contributed by atoms with Crippen LogP contribution in [0.5, 0.6) is 0 Å². The Kier molecular flexibility index (Phi) is 15.0. The number of halogens is 2. The Hall–Kier alpha value is -4.15. The molecule has 0 spiro atoms. The highest BCUT2D eigenvalue weighted by Gasteiger charge is 2.24. The van der Waals surface area contributed by atoms with Crippen molar-refractivity contribution in [1.82, 2.24) is 15.5 Å². The second-order valence-corrected chi connectivity index (χ2v) is 11.8. The molecular formula is C37H47F2N3O5. The number of nitrogens with one attached hydrogen (secondary N) is 2. The number of aryl methyl sites for hydroxylation is 2. The molecule has 0 heterocycles. The number of esters is 1. The van der Waals surface area contributed by atoms with Gasteiger partial charge in [0, 0.05) is 49.8 Å². The molecule has 0 aliphatic heterocycles. The van der Waals surface area contributed by atoms with E-state index < -0.39 is 29.7 Å². The van der Waals surface area contributed by atoms with E-state index >= 15 is 0 Å². The minimum atomic E-state index is -1.13. The van der Waals surface area contributed by atoms with Gasteiger partial charge in [0.25, 0.3) is 11.8 Å². The molecule has 2 atom stereocenters. The van der Waals surface area contributed by atoms with E-state index in [2.05, 4.69) is 10.6 Å². The first kappa shape index (κ1) is 37.3. The monoisotopic (exact) mass is 651 g/mol. The van der Waals surface area contributed by atoms with Crippen molar-refractivity contribution in [2.24, 2.45) is 0 Å². The number of hydrogen-bond donors (Lipinski definition) is 3. The van der Waals surface area contributed by atoms with Crippen molar-refractivity contribution >= 4 is 17.8 Å². The van der Waals surface area contributed by atoms with Crippen molar-refractivity contribution in [2.45, 2.75) is 78.5 Å². The van der Waals surface area contributed by atoms with E-state index in [-0.39, 0.29) is 42.4 Å². The van der Waals surface area contributed by atoms with Gasteiger partial charge in [0.1, 0.15) is 11.6 Å². The zero-order valence-corrected chi connectivity index (χ0v) is 27.8. The second-order valence-electron chi connectivity index (χ2n) is 11.8. The number of nitrogens with zero attached hydrogens (tertiary/aromatic N) is 1. The van der Waals surface area contributed by atoms with Gasteiger partial charge in [-0.3, -0.25) is 14.4 Å². The fraction of sp³-hybridized carbons (Fsp3) is 0.432. The van der Waals surface area contributed by atoms with Gasteiger partial charge in [-0.2, -0.15) is 0 Å². The molecule has 8 nitrogen and oxygen atoms in total. The van der Waals surface area contributed by atoms with Crippen molar-refractivity contribution in [3.05, 3.63) is 106 Å². The fourth-order valence-electron chi connectivity index (χ4n) is 5.47. The number of hydrogen-bond acceptors (Lipinski definition) is 6. The van der Waals surface area contributed by atoms with Crippen LogP contribution in [0.3, 0.4) is 0 Å². The summed E-state index contributed by atoms with van der Waals surface area (Å²) in [4.78, 5) is 40.4. The zero-order valence-electron chi connectivity index (χ0n) is 27.8. The maximum absolute atomic E-state index is 14.0. The van der Waals surface area contributed by atoms with Gasteiger partial charge in [-0.25, -0.2) is 8.78 Å². The van der Waals surface area contributed by atoms with Crippen LogP contribution in [0.4, 0.5) is 8.78 Å². The summed E-state index contributed by atoms with van der Waals surface area (Å²) in [6, 6.07) is 14.8. The maximum atomic E-state index is 14.0. The molecule has 10 heteroatoms. The highest BCUT2D eigenvalue weighted by molar-refractivity contribution is 6.00. The SMILES string of the molecule is CCCN(CCC)C(=O)c1cc(C)cc(C(=O)N[C@@H](Cc2cc(F)cc(F)c2)[C@H](O)CNCc2cccc(CCC(=O)OCC)c2)c1. The summed E-state index contributed by atoms with van der Waals surface area (Å²) in [5, 5.41) is 17.3. The predicted molar refractivity (Wildman–Crippen MR) is 178 cm³/mol. The minimum absolute atomic E-state index is 0.0367. The number of ether oxygens (including phenoxy) is 1. The highest BCUT2D eigenvalue weighted by atomic mass is 19.1. The van der Waals surface area contributed by atoms with Crippen LogP contribution in [-0.2, 0) is 28.9 Å². The van der Waals surface area contributed by atoms with E-state index in [1.54, 1.807) is 36.9 Å². The Morgan fingerprint density at radius 3 is 2.19 bits per heavy atom. The van der Waals surface area contributed by atoms with E-state index in [4.69, 9.17) is 4.74 Å². The quantitative estimate of drug-likeness (QED) is 0.156. The minimum Gasteiger partial charge on any atom is -0.466 e. The van der Waals surface area contributed by atoms with E-state index in [0.717, 1.165) is 35.6 Å². The molecular weight excluding hydrogens is 604 g/mol. The molecule has 3 rings (SSSR count). The summed E-state index contributed by atoms with van der Waals surface area (Å²) in [6.45, 7) is 9.58. The molecule has 0 aliphatic rings. The van der Waals surface area contributed by atoms with Gasteiger partial charge in [0.2, 0.25) is 0 Å². The molecule has 0 aromatic heterocycles. The Balaban J connectivity index is 1.75. The number of amides is 2. The predicted octanol–water partition coefficient (Wildman–Crippen LogP) is 5.52. The largest absolute Gasteiger partial charge is 0.466 e. The Morgan fingerprint density at radius 2 is 1.53 bits per heavy atom. The van der Waals surface area contributed by atoms with Gasteiger partial charge >= 0.3 is 5.97 Å². The third kappa shape index (κ3) is 12.2. The van der Waals surface area contributed by atoms with E-state index in [9.17, 15) is 28.3 Å². The maximum Gasteiger partial charge on any atom is 0.306 e. The Bertz CT molecular complexity index is 1470. The van der Waals surface area contributed by atoms with Crippen molar-refractivity contribution in [2.75, 3.05) is 26.2 Å².